The molecule has 2 aromatic carbocycles. The van der Waals surface area contributed by atoms with Crippen molar-refractivity contribution in [1.82, 2.24) is 14.8 Å². The Bertz CT molecular complexity index is 1190. The lowest BCUT2D eigenvalue weighted by molar-refractivity contribution is -0.116. The Morgan fingerprint density at radius 3 is 2.65 bits per heavy atom. The van der Waals surface area contributed by atoms with Gasteiger partial charge in [0, 0.05) is 30.6 Å². The Hall–Kier alpha value is -3.04. The number of primary sulfonamides is 1. The Labute approximate surface area is 181 Å². The van der Waals surface area contributed by atoms with E-state index in [9.17, 15) is 13.2 Å². The maximum Gasteiger partial charge on any atom is 0.238 e. The van der Waals surface area contributed by atoms with E-state index < -0.39 is 10.0 Å². The summed E-state index contributed by atoms with van der Waals surface area (Å²) in [4.78, 5) is 12.5. The summed E-state index contributed by atoms with van der Waals surface area (Å²) in [6.07, 6.45) is 5.17. The first-order chi connectivity index (χ1) is 14.9. The first-order valence-corrected chi connectivity index (χ1v) is 11.9. The van der Waals surface area contributed by atoms with Crippen LogP contribution < -0.4 is 10.5 Å². The predicted molar refractivity (Wildman–Crippen MR) is 118 cm³/mol. The zero-order valence-electron chi connectivity index (χ0n) is 17.1. The number of nitrogens with zero attached hydrogens (tertiary/aromatic N) is 3. The summed E-state index contributed by atoms with van der Waals surface area (Å²) in [5.74, 6) is 1.74. The lowest BCUT2D eigenvalue weighted by Gasteiger charge is -2.10. The van der Waals surface area contributed by atoms with Gasteiger partial charge in [-0.25, -0.2) is 13.6 Å². The Morgan fingerprint density at radius 1 is 1.06 bits per heavy atom. The van der Waals surface area contributed by atoms with Gasteiger partial charge in [0.1, 0.15) is 5.82 Å². The third-order valence-electron chi connectivity index (χ3n) is 5.41. The molecule has 3 aromatic rings. The van der Waals surface area contributed by atoms with Crippen LogP contribution in [0.3, 0.4) is 0 Å². The first-order valence-electron chi connectivity index (χ1n) is 10.3. The van der Waals surface area contributed by atoms with Crippen LogP contribution in [0.15, 0.2) is 53.4 Å². The van der Waals surface area contributed by atoms with Crippen molar-refractivity contribution in [3.05, 3.63) is 59.9 Å². The topological polar surface area (TPSA) is 120 Å². The van der Waals surface area contributed by atoms with Crippen molar-refractivity contribution < 1.29 is 13.2 Å². The van der Waals surface area contributed by atoms with E-state index in [-0.39, 0.29) is 17.2 Å². The highest BCUT2D eigenvalue weighted by Crippen LogP contribution is 2.25. The predicted octanol–water partition coefficient (Wildman–Crippen LogP) is 2.89. The molecule has 0 aliphatic carbocycles. The van der Waals surface area contributed by atoms with Crippen LogP contribution >= 0.6 is 0 Å². The maximum absolute atomic E-state index is 12.4. The Morgan fingerprint density at radius 2 is 1.87 bits per heavy atom. The normalized spacial score (nSPS) is 14.0. The van der Waals surface area contributed by atoms with E-state index in [1.165, 1.54) is 18.6 Å². The quantitative estimate of drug-likeness (QED) is 0.612. The van der Waals surface area contributed by atoms with E-state index in [2.05, 4.69) is 20.1 Å². The molecular weight excluding hydrogens is 414 g/mol. The average molecular weight is 440 g/mol. The minimum Gasteiger partial charge on any atom is -0.326 e. The number of sulfonamides is 1. The highest BCUT2D eigenvalue weighted by molar-refractivity contribution is 7.89. The highest BCUT2D eigenvalue weighted by atomic mass is 32.2. The number of anilines is 1. The second kappa shape index (κ2) is 8.99. The molecule has 8 nitrogen and oxygen atoms in total. The van der Waals surface area contributed by atoms with Crippen LogP contribution in [0.25, 0.3) is 11.4 Å². The van der Waals surface area contributed by atoms with E-state index in [0.29, 0.717) is 12.1 Å². The summed E-state index contributed by atoms with van der Waals surface area (Å²) in [5.41, 5.74) is 2.50. The smallest absolute Gasteiger partial charge is 0.238 e. The molecule has 0 saturated carbocycles. The lowest BCUT2D eigenvalue weighted by Crippen LogP contribution is -2.13. The van der Waals surface area contributed by atoms with E-state index in [1.807, 2.05) is 24.3 Å². The summed E-state index contributed by atoms with van der Waals surface area (Å²) in [7, 11) is -3.71. The minimum absolute atomic E-state index is 0.0592. The number of aromatic nitrogens is 3. The molecular formula is C22H25N5O3S. The van der Waals surface area contributed by atoms with Crippen LogP contribution in [-0.4, -0.2) is 29.1 Å². The van der Waals surface area contributed by atoms with Crippen LogP contribution in [0.2, 0.25) is 0 Å². The molecule has 0 bridgehead atoms. The van der Waals surface area contributed by atoms with Crippen LogP contribution in [0.5, 0.6) is 0 Å². The van der Waals surface area contributed by atoms with E-state index >= 15 is 0 Å². The second-order valence-electron chi connectivity index (χ2n) is 7.72. The second-order valence-corrected chi connectivity index (χ2v) is 9.28. The molecule has 4 rings (SSSR count). The molecule has 31 heavy (non-hydrogen) atoms. The maximum atomic E-state index is 12.4. The number of fused-ring (bicyclic) bond motifs is 1. The molecule has 0 saturated heterocycles. The molecule has 0 spiro atoms. The molecule has 1 aliphatic heterocycles. The lowest BCUT2D eigenvalue weighted by atomic mass is 10.1. The molecule has 0 unspecified atom stereocenters. The number of carbonyl (C=O) groups is 1. The minimum atomic E-state index is -3.71. The van der Waals surface area contributed by atoms with Gasteiger partial charge in [-0.05, 0) is 49.1 Å². The third kappa shape index (κ3) is 5.18. The van der Waals surface area contributed by atoms with Crippen LogP contribution in [-0.2, 0) is 34.2 Å². The summed E-state index contributed by atoms with van der Waals surface area (Å²) >= 11 is 0. The van der Waals surface area contributed by atoms with Crippen molar-refractivity contribution >= 4 is 21.6 Å². The van der Waals surface area contributed by atoms with Gasteiger partial charge in [-0.1, -0.05) is 30.7 Å². The van der Waals surface area contributed by atoms with Crippen molar-refractivity contribution in [2.75, 3.05) is 5.32 Å². The molecule has 9 heteroatoms. The fourth-order valence-corrected chi connectivity index (χ4v) is 4.28. The van der Waals surface area contributed by atoms with Gasteiger partial charge in [-0.3, -0.25) is 4.79 Å². The van der Waals surface area contributed by atoms with Crippen LogP contribution in [0, 0.1) is 0 Å². The van der Waals surface area contributed by atoms with Crippen molar-refractivity contribution in [3.63, 3.8) is 0 Å². The zero-order chi connectivity index (χ0) is 21.8. The van der Waals surface area contributed by atoms with Crippen molar-refractivity contribution in [1.29, 1.82) is 0 Å². The summed E-state index contributed by atoms with van der Waals surface area (Å²) in [5, 5.41) is 16.8. The van der Waals surface area contributed by atoms with Crippen molar-refractivity contribution in [2.45, 2.75) is 50.0 Å². The van der Waals surface area contributed by atoms with Gasteiger partial charge in [0.15, 0.2) is 5.82 Å². The number of rotatable bonds is 6. The number of benzene rings is 2. The summed E-state index contributed by atoms with van der Waals surface area (Å²) in [6.45, 7) is 0.915. The van der Waals surface area contributed by atoms with Gasteiger partial charge in [-0.2, -0.15) is 0 Å². The number of hydrogen-bond donors (Lipinski definition) is 2. The molecule has 2 heterocycles. The molecule has 1 aromatic heterocycles. The van der Waals surface area contributed by atoms with Gasteiger partial charge in [0.2, 0.25) is 15.9 Å². The fourth-order valence-electron chi connectivity index (χ4n) is 3.76. The standard InChI is InChI=1S/C22H25N5O3S/c23-31(29,30)19-11-8-16(9-12-19)10-13-21(28)24-18-6-4-5-17(15-18)22-26-25-20-7-2-1-3-14-27(20)22/h4-6,8-9,11-12,15H,1-3,7,10,13-14H2,(H,24,28)(H2,23,29,30). The van der Waals surface area contributed by atoms with Crippen LogP contribution in [0.1, 0.15) is 37.1 Å². The number of nitrogens with one attached hydrogen (secondary N) is 1. The SMILES string of the molecule is NS(=O)(=O)c1ccc(CCC(=O)Nc2cccc(-c3nnc4n3CCCCC4)c2)cc1. The molecule has 0 atom stereocenters. The molecule has 3 N–H and O–H groups in total. The third-order valence-corrected chi connectivity index (χ3v) is 6.34. The Balaban J connectivity index is 1.40. The van der Waals surface area contributed by atoms with Gasteiger partial charge in [0.05, 0.1) is 4.90 Å². The Kier molecular flexibility index (Phi) is 6.15. The van der Waals surface area contributed by atoms with Crippen molar-refractivity contribution in [3.8, 4) is 11.4 Å². The van der Waals surface area contributed by atoms with Crippen molar-refractivity contribution in [2.24, 2.45) is 5.14 Å². The van der Waals surface area contributed by atoms with Gasteiger partial charge >= 0.3 is 0 Å². The van der Waals surface area contributed by atoms with Gasteiger partial charge < -0.3 is 9.88 Å². The molecule has 162 valence electrons. The van der Waals surface area contributed by atoms with Gasteiger partial charge in [-0.15, -0.1) is 10.2 Å². The largest absolute Gasteiger partial charge is 0.326 e. The van der Waals surface area contributed by atoms with E-state index in [4.69, 9.17) is 5.14 Å². The average Bonchev–Trinajstić information content (AvgIpc) is 3.00. The number of hydrogen-bond acceptors (Lipinski definition) is 5. The van der Waals surface area contributed by atoms with E-state index in [1.54, 1.807) is 12.1 Å². The number of carbonyl (C=O) groups excluding carboxylic acids is 1. The first kappa shape index (κ1) is 21.2. The summed E-state index contributed by atoms with van der Waals surface area (Å²) in [6, 6.07) is 13.9. The molecule has 0 radical (unpaired) electrons. The van der Waals surface area contributed by atoms with Crippen LogP contribution in [0.4, 0.5) is 5.69 Å². The fraction of sp³-hybridized carbons (Fsp3) is 0.318. The summed E-state index contributed by atoms with van der Waals surface area (Å²) < 4.78 is 24.8. The molecule has 0 fully saturated rings. The van der Waals surface area contributed by atoms with Gasteiger partial charge in [0.25, 0.3) is 0 Å². The molecule has 1 amide bonds. The molecule has 1 aliphatic rings. The highest BCUT2D eigenvalue weighted by Gasteiger charge is 2.16. The number of nitrogens with two attached hydrogens (primary N) is 1. The number of amides is 1. The van der Waals surface area contributed by atoms with E-state index in [0.717, 1.165) is 48.6 Å². The zero-order valence-corrected chi connectivity index (χ0v) is 17.9. The number of aryl methyl sites for hydroxylation is 2. The monoisotopic (exact) mass is 439 g/mol.